The van der Waals surface area contributed by atoms with Crippen molar-refractivity contribution < 1.29 is 35.4 Å². The van der Waals surface area contributed by atoms with Crippen LogP contribution < -0.4 is 0 Å². The maximum Gasteiger partial charge on any atom is 0.261 e. The molecule has 0 heterocycles. The number of rotatable bonds is 3. The summed E-state index contributed by atoms with van der Waals surface area (Å²) >= 11 is 17.8. The van der Waals surface area contributed by atoms with Gasteiger partial charge in [-0.3, -0.25) is 0 Å². The van der Waals surface area contributed by atoms with E-state index in [1.807, 2.05) is 0 Å². The molecule has 0 saturated carbocycles. The molecule has 5 nitrogen and oxygen atoms in total. The van der Waals surface area contributed by atoms with Gasteiger partial charge in [0.2, 0.25) is 10.0 Å². The quantitative estimate of drug-likeness (QED) is 0.423. The Hall–Kier alpha value is 0.714. The SMILES string of the molecule is CN(C)S(=O)(=O)c1ccc(Br)c(Cl)c1.O=S(=O)(Cl)c1ccc(Br)c(Cl)c1.[V]. The van der Waals surface area contributed by atoms with Gasteiger partial charge < -0.3 is 0 Å². The number of hydrogen-bond acceptors (Lipinski definition) is 4. The van der Waals surface area contributed by atoms with Crippen LogP contribution in [0.15, 0.2) is 55.1 Å². The van der Waals surface area contributed by atoms with Crippen molar-refractivity contribution in [3.63, 3.8) is 0 Å². The third-order valence-electron chi connectivity index (χ3n) is 2.84. The van der Waals surface area contributed by atoms with Crippen LogP contribution in [0.4, 0.5) is 0 Å². The third-order valence-corrected chi connectivity index (χ3v) is 8.47. The minimum absolute atomic E-state index is 0. The molecule has 27 heavy (non-hydrogen) atoms. The van der Waals surface area contributed by atoms with Crippen LogP contribution in [0.2, 0.25) is 10.0 Å². The number of benzene rings is 2. The summed E-state index contributed by atoms with van der Waals surface area (Å²) in [6.45, 7) is 0. The predicted molar refractivity (Wildman–Crippen MR) is 112 cm³/mol. The van der Waals surface area contributed by atoms with Crippen LogP contribution in [-0.4, -0.2) is 35.2 Å². The maximum absolute atomic E-state index is 11.6. The normalized spacial score (nSPS) is 11.4. The van der Waals surface area contributed by atoms with Gasteiger partial charge in [0.15, 0.2) is 0 Å². The van der Waals surface area contributed by atoms with Crippen LogP contribution in [0.3, 0.4) is 0 Å². The second-order valence-corrected chi connectivity index (χ2v) is 12.1. The summed E-state index contributed by atoms with van der Waals surface area (Å²) in [5.74, 6) is 0. The fourth-order valence-corrected chi connectivity index (χ4v) is 4.17. The second-order valence-electron chi connectivity index (χ2n) is 4.88. The minimum Gasteiger partial charge on any atom is -0.207 e. The van der Waals surface area contributed by atoms with Crippen LogP contribution in [0.1, 0.15) is 0 Å². The van der Waals surface area contributed by atoms with Crippen molar-refractivity contribution in [3.05, 3.63) is 55.4 Å². The van der Waals surface area contributed by atoms with Gasteiger partial charge in [0.25, 0.3) is 9.05 Å². The molecular formula is C14H12Br2Cl3NO4S2V. The summed E-state index contributed by atoms with van der Waals surface area (Å²) in [6.07, 6.45) is 0. The van der Waals surface area contributed by atoms with Crippen molar-refractivity contribution in [2.24, 2.45) is 0 Å². The molecule has 0 aromatic heterocycles. The first-order chi connectivity index (χ1) is 11.8. The molecule has 0 spiro atoms. The van der Waals surface area contributed by atoms with E-state index in [1.165, 1.54) is 44.4 Å². The molecule has 0 fully saturated rings. The number of nitrogens with zero attached hydrogens (tertiary/aromatic N) is 1. The van der Waals surface area contributed by atoms with E-state index in [1.54, 1.807) is 6.07 Å². The molecule has 0 aliphatic heterocycles. The zero-order valence-corrected chi connectivity index (χ0v) is 22.2. The molecule has 1 radical (unpaired) electrons. The summed E-state index contributed by atoms with van der Waals surface area (Å²) < 4.78 is 47.3. The molecule has 13 heteroatoms. The summed E-state index contributed by atoms with van der Waals surface area (Å²) in [5, 5.41) is 0.699. The smallest absolute Gasteiger partial charge is 0.207 e. The van der Waals surface area contributed by atoms with Crippen LogP contribution in [0, 0.1) is 0 Å². The van der Waals surface area contributed by atoms with Gasteiger partial charge in [-0.05, 0) is 68.3 Å². The Morgan fingerprint density at radius 3 is 1.52 bits per heavy atom. The van der Waals surface area contributed by atoms with Gasteiger partial charge in [0.05, 0.1) is 19.8 Å². The number of hydrogen-bond donors (Lipinski definition) is 0. The molecule has 2 aromatic rings. The topological polar surface area (TPSA) is 71.5 Å². The van der Waals surface area contributed by atoms with Gasteiger partial charge >= 0.3 is 0 Å². The zero-order valence-electron chi connectivity index (χ0n) is 13.7. The first-order valence-electron chi connectivity index (χ1n) is 6.54. The van der Waals surface area contributed by atoms with Crippen LogP contribution in [-0.2, 0) is 37.6 Å². The molecule has 149 valence electrons. The van der Waals surface area contributed by atoms with Crippen molar-refractivity contribution in [1.29, 1.82) is 0 Å². The molecule has 0 atom stereocenters. The first kappa shape index (κ1) is 27.7. The van der Waals surface area contributed by atoms with Crippen molar-refractivity contribution in [1.82, 2.24) is 4.31 Å². The standard InChI is InChI=1S/C8H9BrClNO2S.C6H3BrCl2O2S.V/c1-11(2)14(12,13)6-3-4-7(9)8(10)5-6;7-5-2-1-4(3-6(5)8)12(9,10)11;/h3-5H,1-2H3;1-3H;. The molecule has 0 bridgehead atoms. The Kier molecular flexibility index (Phi) is 11.5. The molecule has 0 unspecified atom stereocenters. The first-order valence-corrected chi connectivity index (χ1v) is 12.6. The average Bonchev–Trinajstić information content (AvgIpc) is 2.52. The zero-order chi connectivity index (χ0) is 20.3. The summed E-state index contributed by atoms with van der Waals surface area (Å²) in [7, 11) is 0.973. The van der Waals surface area contributed by atoms with E-state index in [0.29, 0.717) is 19.0 Å². The average molecular weight is 639 g/mol. The summed E-state index contributed by atoms with van der Waals surface area (Å²) in [5.41, 5.74) is 0. The molecule has 0 aliphatic rings. The molecule has 2 rings (SSSR count). The van der Waals surface area contributed by atoms with Gasteiger partial charge in [-0.15, -0.1) is 0 Å². The Balaban J connectivity index is 0.000000488. The van der Waals surface area contributed by atoms with Gasteiger partial charge in [-0.2, -0.15) is 0 Å². The van der Waals surface area contributed by atoms with E-state index in [2.05, 4.69) is 31.9 Å². The molecular weight excluding hydrogens is 627 g/mol. The van der Waals surface area contributed by atoms with Gasteiger partial charge in [0, 0.05) is 52.3 Å². The summed E-state index contributed by atoms with van der Waals surface area (Å²) in [4.78, 5) is 0.188. The van der Waals surface area contributed by atoms with E-state index >= 15 is 0 Å². The number of halogens is 5. The fraction of sp³-hybridized carbons (Fsp3) is 0.143. The van der Waals surface area contributed by atoms with E-state index in [-0.39, 0.29) is 28.3 Å². The molecule has 0 N–H and O–H groups in total. The Morgan fingerprint density at radius 2 is 1.19 bits per heavy atom. The van der Waals surface area contributed by atoms with Crippen LogP contribution in [0.5, 0.6) is 0 Å². The van der Waals surface area contributed by atoms with Crippen LogP contribution >= 0.6 is 65.7 Å². The number of sulfonamides is 1. The molecule has 0 saturated heterocycles. The Morgan fingerprint density at radius 1 is 0.815 bits per heavy atom. The second kappa shape index (κ2) is 11.2. The van der Waals surface area contributed by atoms with Gasteiger partial charge in [-0.25, -0.2) is 21.1 Å². The van der Waals surface area contributed by atoms with E-state index in [4.69, 9.17) is 33.9 Å². The largest absolute Gasteiger partial charge is 0.261 e. The fourth-order valence-electron chi connectivity index (χ4n) is 1.48. The Bertz CT molecular complexity index is 1020. The van der Waals surface area contributed by atoms with Gasteiger partial charge in [-0.1, -0.05) is 23.2 Å². The summed E-state index contributed by atoms with van der Waals surface area (Å²) in [6, 6.07) is 8.72. The monoisotopic (exact) mass is 636 g/mol. The van der Waals surface area contributed by atoms with E-state index in [9.17, 15) is 16.8 Å². The van der Waals surface area contributed by atoms with E-state index in [0.717, 1.165) is 4.31 Å². The Labute approximate surface area is 202 Å². The maximum atomic E-state index is 11.6. The minimum atomic E-state index is -3.68. The molecule has 2 aromatic carbocycles. The van der Waals surface area contributed by atoms with Crippen molar-refractivity contribution in [2.45, 2.75) is 9.79 Å². The van der Waals surface area contributed by atoms with Gasteiger partial charge in [0.1, 0.15) is 0 Å². The molecule has 0 amide bonds. The molecule has 0 aliphatic carbocycles. The third kappa shape index (κ3) is 8.16. The van der Waals surface area contributed by atoms with Crippen molar-refractivity contribution in [2.75, 3.05) is 14.1 Å². The van der Waals surface area contributed by atoms with Crippen LogP contribution in [0.25, 0.3) is 0 Å². The van der Waals surface area contributed by atoms with Crippen molar-refractivity contribution >= 4 is 84.8 Å². The van der Waals surface area contributed by atoms with Crippen molar-refractivity contribution in [3.8, 4) is 0 Å². The predicted octanol–water partition coefficient (Wildman–Crippen LogP) is 5.38. The van der Waals surface area contributed by atoms with E-state index < -0.39 is 19.1 Å².